The van der Waals surface area contributed by atoms with Gasteiger partial charge in [0.1, 0.15) is 11.0 Å². The van der Waals surface area contributed by atoms with Gasteiger partial charge in [-0.2, -0.15) is 0 Å². The molecule has 1 fully saturated rings. The van der Waals surface area contributed by atoms with Crippen LogP contribution in [0.25, 0.3) is 0 Å². The summed E-state index contributed by atoms with van der Waals surface area (Å²) in [6.45, 7) is 8.96. The molecule has 0 aliphatic carbocycles. The molecule has 0 bridgehead atoms. The molecule has 1 aliphatic rings. The third-order valence-corrected chi connectivity index (χ3v) is 6.65. The van der Waals surface area contributed by atoms with Crippen LogP contribution in [0.3, 0.4) is 0 Å². The molecule has 33 heavy (non-hydrogen) atoms. The number of thioether (sulfide) groups is 1. The third kappa shape index (κ3) is 6.88. The van der Waals surface area contributed by atoms with E-state index < -0.39 is 0 Å². The van der Waals surface area contributed by atoms with Crippen molar-refractivity contribution in [3.05, 3.63) is 40.5 Å². The number of amides is 3. The van der Waals surface area contributed by atoms with Gasteiger partial charge in [-0.1, -0.05) is 41.0 Å². The van der Waals surface area contributed by atoms with Gasteiger partial charge in [0.05, 0.1) is 5.75 Å². The fourth-order valence-electron chi connectivity index (χ4n) is 3.63. The fraction of sp³-hybridized carbons (Fsp3) is 0.455. The van der Waals surface area contributed by atoms with Crippen molar-refractivity contribution in [1.29, 1.82) is 0 Å². The predicted molar refractivity (Wildman–Crippen MR) is 135 cm³/mol. The van der Waals surface area contributed by atoms with Gasteiger partial charge in [-0.15, -0.1) is 0 Å². The zero-order chi connectivity index (χ0) is 24.0. The lowest BCUT2D eigenvalue weighted by atomic mass is 10.2. The van der Waals surface area contributed by atoms with Gasteiger partial charge in [0.15, 0.2) is 5.16 Å². The topological polar surface area (TPSA) is 81.7 Å². The van der Waals surface area contributed by atoms with E-state index in [1.165, 1.54) is 11.8 Å². The lowest BCUT2D eigenvalue weighted by Crippen LogP contribution is -2.55. The first-order valence-corrected chi connectivity index (χ1v) is 12.6. The average Bonchev–Trinajstić information content (AvgIpc) is 2.78. The zero-order valence-electron chi connectivity index (χ0n) is 18.9. The van der Waals surface area contributed by atoms with Crippen LogP contribution >= 0.6 is 35.0 Å². The van der Waals surface area contributed by atoms with Crippen LogP contribution in [0.2, 0.25) is 10.2 Å². The van der Waals surface area contributed by atoms with Crippen LogP contribution in [0.15, 0.2) is 35.5 Å². The van der Waals surface area contributed by atoms with Crippen LogP contribution < -0.4 is 10.2 Å². The van der Waals surface area contributed by atoms with Crippen molar-refractivity contribution in [3.8, 4) is 0 Å². The van der Waals surface area contributed by atoms with Crippen LogP contribution in [0.5, 0.6) is 0 Å². The molecule has 1 atom stereocenters. The Bertz CT molecular complexity index is 991. The maximum atomic E-state index is 12.8. The third-order valence-electron chi connectivity index (χ3n) is 5.39. The van der Waals surface area contributed by atoms with Gasteiger partial charge in [-0.25, -0.2) is 14.8 Å². The van der Waals surface area contributed by atoms with E-state index >= 15 is 0 Å². The number of benzene rings is 1. The van der Waals surface area contributed by atoms with E-state index in [9.17, 15) is 9.59 Å². The number of hydrogen-bond donors (Lipinski definition) is 1. The van der Waals surface area contributed by atoms with Crippen molar-refractivity contribution in [1.82, 2.24) is 19.8 Å². The molecule has 3 amide bonds. The van der Waals surface area contributed by atoms with Gasteiger partial charge in [-0.3, -0.25) is 4.79 Å². The highest BCUT2D eigenvalue weighted by atomic mass is 35.5. The van der Waals surface area contributed by atoms with Gasteiger partial charge in [0, 0.05) is 55.5 Å². The molecule has 3 rings (SSSR count). The Balaban J connectivity index is 1.62. The van der Waals surface area contributed by atoms with Gasteiger partial charge >= 0.3 is 6.03 Å². The van der Waals surface area contributed by atoms with Crippen molar-refractivity contribution in [3.63, 3.8) is 0 Å². The molecule has 2 heterocycles. The van der Waals surface area contributed by atoms with Crippen molar-refractivity contribution in [2.24, 2.45) is 0 Å². The number of anilines is 2. The number of halogens is 2. The summed E-state index contributed by atoms with van der Waals surface area (Å²) in [5.41, 5.74) is 0.658. The van der Waals surface area contributed by atoms with E-state index in [2.05, 4.69) is 20.2 Å². The lowest BCUT2D eigenvalue weighted by molar-refractivity contribution is -0.127. The maximum Gasteiger partial charge on any atom is 0.322 e. The molecule has 2 aromatic rings. The number of piperazine rings is 1. The highest BCUT2D eigenvalue weighted by Crippen LogP contribution is 2.25. The number of carbonyl (C=O) groups excluding carboxylic acids is 2. The number of nitrogens with zero attached hydrogens (tertiary/aromatic N) is 5. The minimum absolute atomic E-state index is 0.0445. The van der Waals surface area contributed by atoms with Crippen molar-refractivity contribution in [2.45, 2.75) is 32.0 Å². The van der Waals surface area contributed by atoms with E-state index in [0.29, 0.717) is 59.6 Å². The van der Waals surface area contributed by atoms with E-state index in [-0.39, 0.29) is 23.7 Å². The van der Waals surface area contributed by atoms with Crippen LogP contribution in [0.1, 0.15) is 20.8 Å². The molecule has 0 spiro atoms. The fourth-order valence-corrected chi connectivity index (χ4v) is 4.81. The van der Waals surface area contributed by atoms with Crippen LogP contribution in [0.4, 0.5) is 16.3 Å². The minimum Gasteiger partial charge on any atom is -0.353 e. The first-order valence-electron chi connectivity index (χ1n) is 10.8. The monoisotopic (exact) mass is 510 g/mol. The Morgan fingerprint density at radius 2 is 1.94 bits per heavy atom. The Kier molecular flexibility index (Phi) is 9.05. The quantitative estimate of drug-likeness (QED) is 0.335. The van der Waals surface area contributed by atoms with E-state index in [0.717, 1.165) is 0 Å². The van der Waals surface area contributed by atoms with Crippen molar-refractivity contribution >= 4 is 58.4 Å². The molecule has 1 saturated heterocycles. The molecular formula is C22H28Cl2N6O2S. The molecule has 1 N–H and O–H groups in total. The molecule has 1 aromatic heterocycles. The SMILES string of the molecule is CCN(CC)C(=O)CSc1nc(Cl)cc(N2CCN(C(=O)Nc3cccc(Cl)c3)C(C)C2)n1. The zero-order valence-corrected chi connectivity index (χ0v) is 21.3. The molecule has 1 aromatic carbocycles. The minimum atomic E-state index is -0.170. The number of carbonyl (C=O) groups is 2. The standard InChI is InChI=1S/C22H28Cl2N6O2S/c1-4-28(5-2)20(31)14-33-21-26-18(24)12-19(27-21)29-9-10-30(15(3)13-29)22(32)25-17-8-6-7-16(23)11-17/h6-8,11-12,15H,4-5,9-10,13-14H2,1-3H3,(H,25,32). The smallest absolute Gasteiger partial charge is 0.322 e. The van der Waals surface area contributed by atoms with Crippen molar-refractivity contribution < 1.29 is 9.59 Å². The molecule has 11 heteroatoms. The summed E-state index contributed by atoms with van der Waals surface area (Å²) >= 11 is 13.5. The van der Waals surface area contributed by atoms with E-state index in [1.54, 1.807) is 40.1 Å². The molecule has 1 aliphatic heterocycles. The van der Waals surface area contributed by atoms with Crippen molar-refractivity contribution in [2.75, 3.05) is 48.7 Å². The Hall–Kier alpha value is -2.23. The first kappa shape index (κ1) is 25.4. The summed E-state index contributed by atoms with van der Waals surface area (Å²) in [5.74, 6) is 0.993. The summed E-state index contributed by atoms with van der Waals surface area (Å²) in [4.78, 5) is 39.6. The number of aromatic nitrogens is 2. The second-order valence-corrected chi connectivity index (χ2v) is 9.38. The number of urea groups is 1. The second kappa shape index (κ2) is 11.8. The molecule has 8 nitrogen and oxygen atoms in total. The maximum absolute atomic E-state index is 12.8. The Morgan fingerprint density at radius 3 is 2.61 bits per heavy atom. The molecule has 0 saturated carbocycles. The largest absolute Gasteiger partial charge is 0.353 e. The van der Waals surface area contributed by atoms with E-state index in [1.807, 2.05) is 20.8 Å². The van der Waals surface area contributed by atoms with Crippen LogP contribution in [-0.2, 0) is 4.79 Å². The Labute approximate surface area is 208 Å². The normalized spacial score (nSPS) is 16.0. The molecule has 1 unspecified atom stereocenters. The summed E-state index contributed by atoms with van der Waals surface area (Å²) in [5, 5.41) is 4.26. The number of rotatable bonds is 7. The van der Waals surface area contributed by atoms with Crippen LogP contribution in [0, 0.1) is 0 Å². The summed E-state index contributed by atoms with van der Waals surface area (Å²) in [7, 11) is 0. The Morgan fingerprint density at radius 1 is 1.18 bits per heavy atom. The second-order valence-electron chi connectivity index (χ2n) is 7.62. The van der Waals surface area contributed by atoms with Crippen LogP contribution in [-0.4, -0.2) is 76.2 Å². The van der Waals surface area contributed by atoms with Gasteiger partial charge in [0.2, 0.25) is 5.91 Å². The number of hydrogen-bond acceptors (Lipinski definition) is 6. The summed E-state index contributed by atoms with van der Waals surface area (Å²) in [6, 6.07) is 8.57. The highest BCUT2D eigenvalue weighted by molar-refractivity contribution is 7.99. The van der Waals surface area contributed by atoms with E-state index in [4.69, 9.17) is 23.2 Å². The predicted octanol–water partition coefficient (Wildman–Crippen LogP) is 4.49. The summed E-state index contributed by atoms with van der Waals surface area (Å²) in [6.07, 6.45) is 0. The summed E-state index contributed by atoms with van der Waals surface area (Å²) < 4.78 is 0. The van der Waals surface area contributed by atoms with Gasteiger partial charge in [-0.05, 0) is 39.0 Å². The molecule has 0 radical (unpaired) electrons. The molecular weight excluding hydrogens is 483 g/mol. The highest BCUT2D eigenvalue weighted by Gasteiger charge is 2.28. The number of nitrogens with one attached hydrogen (secondary N) is 1. The van der Waals surface area contributed by atoms with Gasteiger partial charge in [0.25, 0.3) is 0 Å². The average molecular weight is 511 g/mol. The molecule has 178 valence electrons. The lowest BCUT2D eigenvalue weighted by Gasteiger charge is -2.40. The van der Waals surface area contributed by atoms with Gasteiger partial charge < -0.3 is 20.0 Å². The first-order chi connectivity index (χ1) is 15.8.